The Balaban J connectivity index is 3.05. The number of rotatable bonds is 5. The molecule has 1 N–H and O–H groups in total. The van der Waals surface area contributed by atoms with Gasteiger partial charge in [0.2, 0.25) is 0 Å². The average Bonchev–Trinajstić information content (AvgIpc) is 2.65. The van der Waals surface area contributed by atoms with E-state index in [1.165, 1.54) is 10.4 Å². The number of aryl methyl sites for hydroxylation is 1. The Morgan fingerprint density at radius 3 is 2.44 bits per heavy atom. The number of nitrogens with zero attached hydrogens (tertiary/aromatic N) is 1. The normalized spacial score (nSPS) is 17.4. The number of thiophene rings is 1. The van der Waals surface area contributed by atoms with Gasteiger partial charge in [-0.25, -0.2) is 0 Å². The van der Waals surface area contributed by atoms with E-state index in [9.17, 15) is 0 Å². The summed E-state index contributed by atoms with van der Waals surface area (Å²) < 4.78 is 0. The second-order valence-corrected chi connectivity index (χ2v) is 5.93. The summed E-state index contributed by atoms with van der Waals surface area (Å²) in [5, 5.41) is 5.74. The molecular formula is C13H24N2S. The van der Waals surface area contributed by atoms with Crippen molar-refractivity contribution in [2.45, 2.75) is 38.8 Å². The fourth-order valence-electron chi connectivity index (χ4n) is 2.23. The molecule has 0 saturated carbocycles. The van der Waals surface area contributed by atoms with Gasteiger partial charge in [0, 0.05) is 10.4 Å². The van der Waals surface area contributed by atoms with Gasteiger partial charge in [-0.05, 0) is 58.4 Å². The third-order valence-corrected chi connectivity index (χ3v) is 4.61. The molecule has 16 heavy (non-hydrogen) atoms. The number of hydrogen-bond acceptors (Lipinski definition) is 3. The molecule has 0 aliphatic heterocycles. The quantitative estimate of drug-likeness (QED) is 0.851. The molecule has 0 aromatic carbocycles. The zero-order valence-electron chi connectivity index (χ0n) is 11.3. The van der Waals surface area contributed by atoms with Crippen LogP contribution in [0, 0.1) is 6.92 Å². The van der Waals surface area contributed by atoms with Gasteiger partial charge in [0.15, 0.2) is 0 Å². The van der Waals surface area contributed by atoms with Gasteiger partial charge >= 0.3 is 0 Å². The zero-order valence-corrected chi connectivity index (χ0v) is 12.1. The van der Waals surface area contributed by atoms with Crippen molar-refractivity contribution in [3.8, 4) is 0 Å². The van der Waals surface area contributed by atoms with Crippen LogP contribution in [0.4, 0.5) is 0 Å². The maximum Gasteiger partial charge on any atom is 0.0510 e. The van der Waals surface area contributed by atoms with Gasteiger partial charge in [-0.1, -0.05) is 6.92 Å². The van der Waals surface area contributed by atoms with E-state index in [1.54, 1.807) is 0 Å². The van der Waals surface area contributed by atoms with Gasteiger partial charge in [-0.2, -0.15) is 0 Å². The van der Waals surface area contributed by atoms with Crippen LogP contribution in [0.3, 0.4) is 0 Å². The fraction of sp³-hybridized carbons (Fsp3) is 0.692. The molecule has 0 spiro atoms. The summed E-state index contributed by atoms with van der Waals surface area (Å²) in [4.78, 5) is 3.70. The molecule has 0 fully saturated rings. The summed E-state index contributed by atoms with van der Waals surface area (Å²) in [5.74, 6) is 0. The van der Waals surface area contributed by atoms with E-state index < -0.39 is 0 Å². The molecule has 3 heteroatoms. The number of nitrogens with one attached hydrogen (secondary N) is 1. The highest BCUT2D eigenvalue weighted by Crippen LogP contribution is 2.34. The van der Waals surface area contributed by atoms with Gasteiger partial charge in [-0.3, -0.25) is 0 Å². The van der Waals surface area contributed by atoms with E-state index in [0.29, 0.717) is 6.04 Å². The first kappa shape index (κ1) is 13.7. The maximum absolute atomic E-state index is 3.47. The zero-order chi connectivity index (χ0) is 12.3. The van der Waals surface area contributed by atoms with Crippen molar-refractivity contribution in [2.75, 3.05) is 21.1 Å². The molecule has 0 bridgehead atoms. The Labute approximate surface area is 104 Å². The number of likely N-dealkylation sites (N-methyl/N-ethyl adjacent to an activating group) is 2. The number of hydrogen-bond donors (Lipinski definition) is 1. The van der Waals surface area contributed by atoms with Crippen LogP contribution >= 0.6 is 11.3 Å². The van der Waals surface area contributed by atoms with E-state index >= 15 is 0 Å². The Morgan fingerprint density at radius 1 is 1.50 bits per heavy atom. The molecule has 0 saturated heterocycles. The van der Waals surface area contributed by atoms with Crippen LogP contribution in [0.15, 0.2) is 11.4 Å². The summed E-state index contributed by atoms with van der Waals surface area (Å²) >= 11 is 1.83. The lowest BCUT2D eigenvalue weighted by molar-refractivity contribution is 0.117. The van der Waals surface area contributed by atoms with Crippen molar-refractivity contribution in [3.63, 3.8) is 0 Å². The minimum absolute atomic E-state index is 0.155. The predicted octanol–water partition coefficient (Wildman–Crippen LogP) is 3.05. The smallest absolute Gasteiger partial charge is 0.0510 e. The Kier molecular flexibility index (Phi) is 4.53. The second-order valence-electron chi connectivity index (χ2n) is 4.82. The first-order valence-electron chi connectivity index (χ1n) is 5.85. The first-order chi connectivity index (χ1) is 7.45. The lowest BCUT2D eigenvalue weighted by atomic mass is 9.84. The molecule has 0 radical (unpaired) electrons. The van der Waals surface area contributed by atoms with Crippen LogP contribution in [-0.4, -0.2) is 31.6 Å². The lowest BCUT2D eigenvalue weighted by Crippen LogP contribution is -2.50. The molecule has 0 aliphatic carbocycles. The third-order valence-electron chi connectivity index (χ3n) is 3.73. The molecule has 0 amide bonds. The largest absolute Gasteiger partial charge is 0.311 e. The van der Waals surface area contributed by atoms with Gasteiger partial charge in [-0.15, -0.1) is 11.3 Å². The van der Waals surface area contributed by atoms with Crippen molar-refractivity contribution in [1.29, 1.82) is 0 Å². The Hall–Kier alpha value is -0.380. The highest BCUT2D eigenvalue weighted by atomic mass is 32.1. The monoisotopic (exact) mass is 240 g/mol. The van der Waals surface area contributed by atoms with Gasteiger partial charge in [0.05, 0.1) is 6.04 Å². The summed E-state index contributed by atoms with van der Waals surface area (Å²) in [5.41, 5.74) is 1.56. The average molecular weight is 240 g/mol. The van der Waals surface area contributed by atoms with Crippen LogP contribution < -0.4 is 5.32 Å². The van der Waals surface area contributed by atoms with Gasteiger partial charge in [0.25, 0.3) is 0 Å². The van der Waals surface area contributed by atoms with E-state index in [1.807, 2.05) is 11.3 Å². The maximum atomic E-state index is 3.47. The molecule has 1 aromatic rings. The predicted molar refractivity (Wildman–Crippen MR) is 73.2 cm³/mol. The molecule has 2 atom stereocenters. The van der Waals surface area contributed by atoms with E-state index in [4.69, 9.17) is 0 Å². The van der Waals surface area contributed by atoms with Crippen molar-refractivity contribution in [1.82, 2.24) is 10.2 Å². The molecule has 1 aromatic heterocycles. The van der Waals surface area contributed by atoms with Crippen LogP contribution in [0.2, 0.25) is 0 Å². The summed E-state index contributed by atoms with van der Waals surface area (Å²) in [6, 6.07) is 2.68. The SMILES string of the molecule is CCC(C)(C(NC)c1csc(C)c1)N(C)C. The summed E-state index contributed by atoms with van der Waals surface area (Å²) in [7, 11) is 6.37. The standard InChI is InChI=1S/C13H24N2S/c1-7-13(3,15(5)6)12(14-4)11-8-10(2)16-9-11/h8-9,12,14H,7H2,1-6H3. The van der Waals surface area contributed by atoms with Crippen molar-refractivity contribution in [2.24, 2.45) is 0 Å². The molecule has 92 valence electrons. The van der Waals surface area contributed by atoms with Crippen molar-refractivity contribution in [3.05, 3.63) is 21.9 Å². The van der Waals surface area contributed by atoms with Crippen LogP contribution in [-0.2, 0) is 0 Å². The molecule has 0 aliphatic rings. The topological polar surface area (TPSA) is 15.3 Å². The molecule has 2 unspecified atom stereocenters. The lowest BCUT2D eigenvalue weighted by Gasteiger charge is -2.42. The molecule has 2 nitrogen and oxygen atoms in total. The Bertz CT molecular complexity index is 332. The van der Waals surface area contributed by atoms with Crippen LogP contribution in [0.25, 0.3) is 0 Å². The highest BCUT2D eigenvalue weighted by Gasteiger charge is 2.35. The van der Waals surface area contributed by atoms with Crippen molar-refractivity contribution >= 4 is 11.3 Å². The fourth-order valence-corrected chi connectivity index (χ4v) is 2.96. The van der Waals surface area contributed by atoms with Gasteiger partial charge < -0.3 is 10.2 Å². The van der Waals surface area contributed by atoms with Gasteiger partial charge in [0.1, 0.15) is 0 Å². The Morgan fingerprint density at radius 2 is 2.12 bits per heavy atom. The summed E-state index contributed by atoms with van der Waals surface area (Å²) in [6.07, 6.45) is 1.13. The molecule has 1 heterocycles. The van der Waals surface area contributed by atoms with E-state index in [0.717, 1.165) is 6.42 Å². The molecular weight excluding hydrogens is 216 g/mol. The highest BCUT2D eigenvalue weighted by molar-refractivity contribution is 7.10. The molecule has 1 rings (SSSR count). The van der Waals surface area contributed by atoms with E-state index in [-0.39, 0.29) is 5.54 Å². The minimum atomic E-state index is 0.155. The van der Waals surface area contributed by atoms with Crippen LogP contribution in [0.5, 0.6) is 0 Å². The third kappa shape index (κ3) is 2.47. The first-order valence-corrected chi connectivity index (χ1v) is 6.73. The summed E-state index contributed by atoms with van der Waals surface area (Å²) in [6.45, 7) is 6.74. The van der Waals surface area contributed by atoms with Crippen molar-refractivity contribution < 1.29 is 0 Å². The van der Waals surface area contributed by atoms with Crippen LogP contribution in [0.1, 0.15) is 36.8 Å². The second kappa shape index (κ2) is 5.30. The van der Waals surface area contributed by atoms with E-state index in [2.05, 4.69) is 63.6 Å². The minimum Gasteiger partial charge on any atom is -0.311 e.